The van der Waals surface area contributed by atoms with Gasteiger partial charge < -0.3 is 4.57 Å². The number of hydrogen-bond donors (Lipinski definition) is 1. The number of aryl methyl sites for hydroxylation is 1. The summed E-state index contributed by atoms with van der Waals surface area (Å²) >= 11 is 6.27. The fraction of sp³-hybridized carbons (Fsp3) is 0.381. The van der Waals surface area contributed by atoms with Crippen molar-refractivity contribution in [1.29, 1.82) is 0 Å². The van der Waals surface area contributed by atoms with Gasteiger partial charge in [-0.3, -0.25) is 0 Å². The fourth-order valence-electron chi connectivity index (χ4n) is 3.47. The van der Waals surface area contributed by atoms with E-state index in [1.54, 1.807) is 4.68 Å². The van der Waals surface area contributed by atoms with Gasteiger partial charge in [0.05, 0.1) is 12.2 Å². The minimum absolute atomic E-state index is 0.343. The highest BCUT2D eigenvalue weighted by molar-refractivity contribution is 6.28. The number of aromatic amines is 1. The summed E-state index contributed by atoms with van der Waals surface area (Å²) < 4.78 is 3.84. The Labute approximate surface area is 180 Å². The molecule has 0 saturated heterocycles. The number of rotatable bonds is 8. The number of halogens is 1. The van der Waals surface area contributed by atoms with Crippen molar-refractivity contribution in [1.82, 2.24) is 40.0 Å². The lowest BCUT2D eigenvalue weighted by Gasteiger charge is -2.11. The highest BCUT2D eigenvalue weighted by Crippen LogP contribution is 2.30. The van der Waals surface area contributed by atoms with Crippen molar-refractivity contribution in [2.24, 2.45) is 0 Å². The van der Waals surface area contributed by atoms with E-state index in [1.807, 2.05) is 6.20 Å². The summed E-state index contributed by atoms with van der Waals surface area (Å²) in [7, 11) is 0. The Bertz CT molecular complexity index is 1090. The summed E-state index contributed by atoms with van der Waals surface area (Å²) in [6, 6.07) is 10.4. The Morgan fingerprint density at radius 2 is 1.93 bits per heavy atom. The zero-order valence-corrected chi connectivity index (χ0v) is 18.1. The average molecular weight is 425 g/mol. The minimum atomic E-state index is 0.343. The predicted molar refractivity (Wildman–Crippen MR) is 116 cm³/mol. The molecule has 0 aliphatic rings. The van der Waals surface area contributed by atoms with Crippen LogP contribution in [0.25, 0.3) is 17.2 Å². The number of aromatic nitrogens is 8. The molecule has 0 bridgehead atoms. The zero-order valence-electron chi connectivity index (χ0n) is 17.4. The molecule has 0 fully saturated rings. The zero-order chi connectivity index (χ0) is 21.1. The Balaban J connectivity index is 1.59. The van der Waals surface area contributed by atoms with Crippen molar-refractivity contribution in [2.45, 2.75) is 52.5 Å². The van der Waals surface area contributed by atoms with Crippen LogP contribution in [0.3, 0.4) is 0 Å². The summed E-state index contributed by atoms with van der Waals surface area (Å²) in [5.74, 6) is 1.73. The molecular weight excluding hydrogens is 400 g/mol. The molecule has 1 aromatic carbocycles. The van der Waals surface area contributed by atoms with E-state index in [4.69, 9.17) is 11.6 Å². The van der Waals surface area contributed by atoms with Gasteiger partial charge in [0, 0.05) is 18.3 Å². The Kier molecular flexibility index (Phi) is 5.94. The van der Waals surface area contributed by atoms with E-state index in [9.17, 15) is 0 Å². The number of nitrogens with one attached hydrogen (secondary N) is 1. The maximum atomic E-state index is 6.27. The van der Waals surface area contributed by atoms with Crippen LogP contribution in [-0.4, -0.2) is 40.0 Å². The van der Waals surface area contributed by atoms with E-state index in [-0.39, 0.29) is 0 Å². The summed E-state index contributed by atoms with van der Waals surface area (Å²) in [4.78, 5) is 4.36. The molecule has 156 valence electrons. The summed E-state index contributed by atoms with van der Waals surface area (Å²) in [5, 5.41) is 19.6. The standard InChI is InChI=1S/C21H25ClN8/c1-4-5-6-18-23-21(22)30(26-18)13-15-7-9-16(10-8-15)29-12-11-17(14(2)3)19(29)20-24-27-28-25-20/h7-12,14H,4-6,13H2,1-3H3,(H,24,25,27,28). The highest BCUT2D eigenvalue weighted by Gasteiger charge is 2.18. The van der Waals surface area contributed by atoms with Gasteiger partial charge >= 0.3 is 0 Å². The lowest BCUT2D eigenvalue weighted by molar-refractivity contribution is 0.661. The maximum Gasteiger partial charge on any atom is 0.221 e. The molecule has 0 radical (unpaired) electrons. The second kappa shape index (κ2) is 8.79. The number of H-pyrrole nitrogens is 1. The van der Waals surface area contributed by atoms with E-state index in [0.717, 1.165) is 42.0 Å². The fourth-order valence-corrected chi connectivity index (χ4v) is 3.67. The molecule has 0 unspecified atom stereocenters. The minimum Gasteiger partial charge on any atom is -0.313 e. The van der Waals surface area contributed by atoms with Gasteiger partial charge in [-0.2, -0.15) is 10.3 Å². The van der Waals surface area contributed by atoms with Crippen molar-refractivity contribution >= 4 is 11.6 Å². The first kappa shape index (κ1) is 20.3. The molecule has 0 aliphatic heterocycles. The molecule has 3 aromatic heterocycles. The third-order valence-corrected chi connectivity index (χ3v) is 5.35. The van der Waals surface area contributed by atoms with Crippen LogP contribution >= 0.6 is 11.6 Å². The second-order valence-corrected chi connectivity index (χ2v) is 7.94. The Hall–Kier alpha value is -3.00. The molecular formula is C21H25ClN8. The van der Waals surface area contributed by atoms with Crippen LogP contribution in [0.1, 0.15) is 56.5 Å². The van der Waals surface area contributed by atoms with Gasteiger partial charge in [0.25, 0.3) is 0 Å². The second-order valence-electron chi connectivity index (χ2n) is 7.60. The van der Waals surface area contributed by atoms with Gasteiger partial charge in [-0.05, 0) is 58.5 Å². The highest BCUT2D eigenvalue weighted by atomic mass is 35.5. The SMILES string of the molecule is CCCCc1nc(Cl)n(Cc2ccc(-n3ccc(C(C)C)c3-c3nn[nH]n3)cc2)n1. The van der Waals surface area contributed by atoms with Crippen LogP contribution in [-0.2, 0) is 13.0 Å². The van der Waals surface area contributed by atoms with Crippen molar-refractivity contribution in [3.63, 3.8) is 0 Å². The first-order valence-electron chi connectivity index (χ1n) is 10.2. The quantitative estimate of drug-likeness (QED) is 0.452. The smallest absolute Gasteiger partial charge is 0.221 e. The molecule has 0 atom stereocenters. The lowest BCUT2D eigenvalue weighted by Crippen LogP contribution is -2.04. The summed E-state index contributed by atoms with van der Waals surface area (Å²) in [6.45, 7) is 7.05. The van der Waals surface area contributed by atoms with Gasteiger partial charge in [-0.25, -0.2) is 9.67 Å². The predicted octanol–water partition coefficient (Wildman–Crippen LogP) is 4.42. The van der Waals surface area contributed by atoms with Crippen LogP contribution in [0, 0.1) is 0 Å². The van der Waals surface area contributed by atoms with E-state index < -0.39 is 0 Å². The molecule has 0 saturated carbocycles. The number of nitrogens with zero attached hydrogens (tertiary/aromatic N) is 7. The van der Waals surface area contributed by atoms with Crippen LogP contribution < -0.4 is 0 Å². The van der Waals surface area contributed by atoms with Gasteiger partial charge in [0.1, 0.15) is 0 Å². The normalized spacial score (nSPS) is 11.5. The molecule has 0 amide bonds. The molecule has 4 aromatic rings. The Morgan fingerprint density at radius 1 is 1.13 bits per heavy atom. The molecule has 1 N–H and O–H groups in total. The monoisotopic (exact) mass is 424 g/mol. The van der Waals surface area contributed by atoms with E-state index >= 15 is 0 Å². The Morgan fingerprint density at radius 3 is 2.60 bits per heavy atom. The number of benzene rings is 1. The average Bonchev–Trinajstić information content (AvgIpc) is 3.47. The van der Waals surface area contributed by atoms with Crippen LogP contribution in [0.2, 0.25) is 5.28 Å². The summed E-state index contributed by atoms with van der Waals surface area (Å²) in [6.07, 6.45) is 5.07. The molecule has 0 aliphatic carbocycles. The molecule has 30 heavy (non-hydrogen) atoms. The van der Waals surface area contributed by atoms with Crippen LogP contribution in [0.5, 0.6) is 0 Å². The van der Waals surface area contributed by atoms with E-state index in [2.05, 4.69) is 86.4 Å². The van der Waals surface area contributed by atoms with Crippen LogP contribution in [0.4, 0.5) is 0 Å². The molecule has 9 heteroatoms. The van der Waals surface area contributed by atoms with Gasteiger partial charge in [-0.15, -0.1) is 10.2 Å². The number of tetrazole rings is 1. The van der Waals surface area contributed by atoms with Crippen molar-refractivity contribution in [3.05, 3.63) is 58.8 Å². The maximum absolute atomic E-state index is 6.27. The molecule has 3 heterocycles. The molecule has 8 nitrogen and oxygen atoms in total. The first-order chi connectivity index (χ1) is 14.6. The van der Waals surface area contributed by atoms with Crippen molar-refractivity contribution in [2.75, 3.05) is 0 Å². The van der Waals surface area contributed by atoms with Gasteiger partial charge in [0.2, 0.25) is 11.1 Å². The first-order valence-corrected chi connectivity index (χ1v) is 10.6. The van der Waals surface area contributed by atoms with Gasteiger partial charge in [-0.1, -0.05) is 39.3 Å². The third-order valence-electron chi connectivity index (χ3n) is 5.07. The summed E-state index contributed by atoms with van der Waals surface area (Å²) in [5.41, 5.74) is 4.25. The van der Waals surface area contributed by atoms with E-state index in [0.29, 0.717) is 23.6 Å². The molecule has 0 spiro atoms. The van der Waals surface area contributed by atoms with Crippen molar-refractivity contribution < 1.29 is 0 Å². The third kappa shape index (κ3) is 4.14. The number of hydrogen-bond acceptors (Lipinski definition) is 5. The topological polar surface area (TPSA) is 90.1 Å². The molecule has 4 rings (SSSR count). The number of unbranched alkanes of at least 4 members (excludes halogenated alkanes) is 1. The largest absolute Gasteiger partial charge is 0.313 e. The lowest BCUT2D eigenvalue weighted by atomic mass is 10.0. The van der Waals surface area contributed by atoms with Gasteiger partial charge in [0.15, 0.2) is 5.82 Å². The van der Waals surface area contributed by atoms with Crippen LogP contribution in [0.15, 0.2) is 36.5 Å². The van der Waals surface area contributed by atoms with Crippen molar-refractivity contribution in [3.8, 4) is 17.2 Å². The van der Waals surface area contributed by atoms with E-state index in [1.165, 1.54) is 5.56 Å².